The lowest BCUT2D eigenvalue weighted by atomic mass is 10.0. The van der Waals surface area contributed by atoms with Gasteiger partial charge in [0.1, 0.15) is 0 Å². The summed E-state index contributed by atoms with van der Waals surface area (Å²) >= 11 is 0. The van der Waals surface area contributed by atoms with Crippen LogP contribution in [0.1, 0.15) is 26.3 Å². The molecule has 0 amide bonds. The number of hydrogen-bond donors (Lipinski definition) is 3. The summed E-state index contributed by atoms with van der Waals surface area (Å²) in [5, 5.41) is 20.4. The second-order valence-corrected chi connectivity index (χ2v) is 3.01. The molecule has 15 heavy (non-hydrogen) atoms. The third kappa shape index (κ3) is 2.54. The molecule has 0 spiro atoms. The van der Waals surface area contributed by atoms with Gasteiger partial charge in [-0.1, -0.05) is 6.07 Å². The van der Waals surface area contributed by atoms with Crippen molar-refractivity contribution >= 4 is 11.9 Å². The average molecular weight is 209 g/mol. The summed E-state index contributed by atoms with van der Waals surface area (Å²) in [5.74, 6) is -2.25. The van der Waals surface area contributed by atoms with Gasteiger partial charge in [-0.25, -0.2) is 9.59 Å². The van der Waals surface area contributed by atoms with E-state index in [4.69, 9.17) is 10.2 Å². The minimum absolute atomic E-state index is 0.0178. The Morgan fingerprint density at radius 1 is 1.27 bits per heavy atom. The van der Waals surface area contributed by atoms with Crippen molar-refractivity contribution in [2.45, 2.75) is 6.54 Å². The van der Waals surface area contributed by atoms with Gasteiger partial charge in [-0.2, -0.15) is 0 Å². The second-order valence-electron chi connectivity index (χ2n) is 3.01. The summed E-state index contributed by atoms with van der Waals surface area (Å²) in [6, 6.07) is 4.06. The normalized spacial score (nSPS) is 9.93. The van der Waals surface area contributed by atoms with Crippen LogP contribution >= 0.6 is 0 Å². The number of nitrogens with one attached hydrogen (secondary N) is 1. The van der Waals surface area contributed by atoms with E-state index in [1.807, 2.05) is 0 Å². The molecular weight excluding hydrogens is 198 g/mol. The summed E-state index contributed by atoms with van der Waals surface area (Å²) in [7, 11) is 1.69. The van der Waals surface area contributed by atoms with Crippen LogP contribution in [0.2, 0.25) is 0 Å². The third-order valence-electron chi connectivity index (χ3n) is 1.95. The Balaban J connectivity index is 3.20. The standard InChI is InChI=1S/C10H11NO4/c1-11-5-7-3-2-6(9(12)13)4-8(7)10(14)15/h2-4,11H,5H2,1H3,(H,12,13)(H,14,15). The van der Waals surface area contributed by atoms with Crippen LogP contribution in [0.15, 0.2) is 18.2 Å². The summed E-state index contributed by atoms with van der Waals surface area (Å²) in [6.07, 6.45) is 0. The van der Waals surface area contributed by atoms with Crippen LogP contribution in [0.25, 0.3) is 0 Å². The molecule has 3 N–H and O–H groups in total. The Kier molecular flexibility index (Phi) is 3.41. The number of carboxylic acids is 2. The molecule has 0 saturated carbocycles. The van der Waals surface area contributed by atoms with E-state index < -0.39 is 11.9 Å². The Bertz CT molecular complexity index is 400. The predicted octanol–water partition coefficient (Wildman–Crippen LogP) is 0.802. The first-order valence-electron chi connectivity index (χ1n) is 4.30. The van der Waals surface area contributed by atoms with Gasteiger partial charge in [-0.15, -0.1) is 0 Å². The monoisotopic (exact) mass is 209 g/mol. The summed E-state index contributed by atoms with van der Waals surface area (Å²) in [4.78, 5) is 21.5. The van der Waals surface area contributed by atoms with E-state index in [1.165, 1.54) is 12.1 Å². The topological polar surface area (TPSA) is 86.6 Å². The van der Waals surface area contributed by atoms with E-state index in [1.54, 1.807) is 7.05 Å². The lowest BCUT2D eigenvalue weighted by Gasteiger charge is -2.06. The number of rotatable bonds is 4. The predicted molar refractivity (Wildman–Crippen MR) is 53.1 cm³/mol. The first kappa shape index (κ1) is 11.2. The molecule has 5 heteroatoms. The minimum Gasteiger partial charge on any atom is -0.478 e. The molecule has 0 aliphatic heterocycles. The molecule has 0 aliphatic rings. The molecule has 1 aromatic rings. The van der Waals surface area contributed by atoms with E-state index in [0.717, 1.165) is 6.07 Å². The highest BCUT2D eigenvalue weighted by atomic mass is 16.4. The zero-order chi connectivity index (χ0) is 11.4. The Morgan fingerprint density at radius 3 is 2.40 bits per heavy atom. The zero-order valence-electron chi connectivity index (χ0n) is 8.15. The fourth-order valence-electron chi connectivity index (χ4n) is 1.25. The molecule has 1 aromatic carbocycles. The van der Waals surface area contributed by atoms with E-state index >= 15 is 0 Å². The highest BCUT2D eigenvalue weighted by molar-refractivity contribution is 5.94. The smallest absolute Gasteiger partial charge is 0.336 e. The molecule has 0 atom stereocenters. The highest BCUT2D eigenvalue weighted by Gasteiger charge is 2.12. The summed E-state index contributed by atoms with van der Waals surface area (Å²) in [5.41, 5.74) is 0.562. The van der Waals surface area contributed by atoms with Crippen LogP contribution in [-0.4, -0.2) is 29.2 Å². The van der Waals surface area contributed by atoms with Crippen LogP contribution in [0.3, 0.4) is 0 Å². The van der Waals surface area contributed by atoms with Gasteiger partial charge < -0.3 is 15.5 Å². The number of benzene rings is 1. The van der Waals surface area contributed by atoms with Crippen molar-refractivity contribution in [1.29, 1.82) is 0 Å². The van der Waals surface area contributed by atoms with Crippen LogP contribution in [-0.2, 0) is 6.54 Å². The van der Waals surface area contributed by atoms with Crippen molar-refractivity contribution < 1.29 is 19.8 Å². The van der Waals surface area contributed by atoms with Gasteiger partial charge in [0.2, 0.25) is 0 Å². The molecule has 1 rings (SSSR count). The number of hydrogen-bond acceptors (Lipinski definition) is 3. The SMILES string of the molecule is CNCc1ccc(C(=O)O)cc1C(=O)O. The number of aromatic carboxylic acids is 2. The van der Waals surface area contributed by atoms with Gasteiger partial charge in [-0.05, 0) is 24.7 Å². The van der Waals surface area contributed by atoms with Crippen molar-refractivity contribution in [1.82, 2.24) is 5.32 Å². The summed E-state index contributed by atoms with van der Waals surface area (Å²) in [6.45, 7) is 0.390. The Hall–Kier alpha value is -1.88. The fraction of sp³-hybridized carbons (Fsp3) is 0.200. The first-order chi connectivity index (χ1) is 7.06. The fourth-order valence-corrected chi connectivity index (χ4v) is 1.25. The molecule has 0 fully saturated rings. The largest absolute Gasteiger partial charge is 0.478 e. The molecule has 0 unspecified atom stereocenters. The van der Waals surface area contributed by atoms with E-state index in [9.17, 15) is 9.59 Å². The van der Waals surface area contributed by atoms with Gasteiger partial charge in [0.15, 0.2) is 0 Å². The molecule has 80 valence electrons. The molecule has 0 saturated heterocycles. The lowest BCUT2D eigenvalue weighted by molar-refractivity contribution is 0.0695. The maximum absolute atomic E-state index is 10.9. The van der Waals surface area contributed by atoms with Crippen molar-refractivity contribution in [3.8, 4) is 0 Å². The van der Waals surface area contributed by atoms with Crippen molar-refractivity contribution in [3.05, 3.63) is 34.9 Å². The molecule has 0 heterocycles. The van der Waals surface area contributed by atoms with Crippen LogP contribution in [0.5, 0.6) is 0 Å². The number of carbonyl (C=O) groups is 2. The van der Waals surface area contributed by atoms with Gasteiger partial charge in [0, 0.05) is 6.54 Å². The minimum atomic E-state index is -1.13. The second kappa shape index (κ2) is 4.56. The quantitative estimate of drug-likeness (QED) is 0.682. The van der Waals surface area contributed by atoms with Crippen molar-refractivity contribution in [2.24, 2.45) is 0 Å². The highest BCUT2D eigenvalue weighted by Crippen LogP contribution is 2.12. The third-order valence-corrected chi connectivity index (χ3v) is 1.95. The van der Waals surface area contributed by atoms with E-state index in [-0.39, 0.29) is 11.1 Å². The lowest BCUT2D eigenvalue weighted by Crippen LogP contribution is -2.12. The van der Waals surface area contributed by atoms with E-state index in [2.05, 4.69) is 5.32 Å². The molecule has 0 bridgehead atoms. The van der Waals surface area contributed by atoms with Crippen LogP contribution < -0.4 is 5.32 Å². The summed E-state index contributed by atoms with van der Waals surface area (Å²) < 4.78 is 0. The van der Waals surface area contributed by atoms with Gasteiger partial charge in [-0.3, -0.25) is 0 Å². The van der Waals surface area contributed by atoms with Gasteiger partial charge in [0.05, 0.1) is 11.1 Å². The van der Waals surface area contributed by atoms with E-state index in [0.29, 0.717) is 12.1 Å². The molecule has 5 nitrogen and oxygen atoms in total. The first-order valence-corrected chi connectivity index (χ1v) is 4.30. The Labute approximate surface area is 86.4 Å². The number of carboxylic acid groups (broad SMARTS) is 2. The Morgan fingerprint density at radius 2 is 1.93 bits per heavy atom. The van der Waals surface area contributed by atoms with Gasteiger partial charge in [0.25, 0.3) is 0 Å². The molecule has 0 radical (unpaired) electrons. The molecule has 0 aliphatic carbocycles. The van der Waals surface area contributed by atoms with Crippen LogP contribution in [0.4, 0.5) is 0 Å². The average Bonchev–Trinajstić information content (AvgIpc) is 2.18. The van der Waals surface area contributed by atoms with Gasteiger partial charge >= 0.3 is 11.9 Å². The molecular formula is C10H11NO4. The van der Waals surface area contributed by atoms with Crippen molar-refractivity contribution in [2.75, 3.05) is 7.05 Å². The molecule has 0 aromatic heterocycles. The van der Waals surface area contributed by atoms with Crippen LogP contribution in [0, 0.1) is 0 Å². The van der Waals surface area contributed by atoms with Crippen molar-refractivity contribution in [3.63, 3.8) is 0 Å². The maximum Gasteiger partial charge on any atom is 0.336 e. The maximum atomic E-state index is 10.9. The zero-order valence-corrected chi connectivity index (χ0v) is 8.15.